The summed E-state index contributed by atoms with van der Waals surface area (Å²) >= 11 is 0. The lowest BCUT2D eigenvalue weighted by Crippen LogP contribution is -2.30. The quantitative estimate of drug-likeness (QED) is 0.830. The maximum absolute atomic E-state index is 4.44. The van der Waals surface area contributed by atoms with Crippen LogP contribution in [0, 0.1) is 12.8 Å². The lowest BCUT2D eigenvalue weighted by molar-refractivity contribution is 0.374. The topological polar surface area (TPSA) is 40.7 Å². The Morgan fingerprint density at radius 1 is 1.41 bits per heavy atom. The van der Waals surface area contributed by atoms with Gasteiger partial charge < -0.3 is 5.32 Å². The first-order valence-corrected chi connectivity index (χ1v) is 6.48. The van der Waals surface area contributed by atoms with Gasteiger partial charge in [-0.1, -0.05) is 18.2 Å². The van der Waals surface area contributed by atoms with E-state index in [1.807, 2.05) is 0 Å². The molecule has 1 fully saturated rings. The van der Waals surface area contributed by atoms with Crippen LogP contribution in [0.2, 0.25) is 0 Å². The van der Waals surface area contributed by atoms with Crippen molar-refractivity contribution in [1.82, 2.24) is 15.5 Å². The third kappa shape index (κ3) is 2.07. The standard InChI is InChI=1S/C14H19N3/c1-10-4-2-6-12-13(16-17-14(10)12)8-11-5-3-7-15-9-11/h2,4,6,11,15H,3,5,7-9H2,1H3,(H,16,17). The van der Waals surface area contributed by atoms with Gasteiger partial charge in [0.15, 0.2) is 0 Å². The maximum atomic E-state index is 4.44. The Hall–Kier alpha value is -1.35. The van der Waals surface area contributed by atoms with Gasteiger partial charge in [-0.15, -0.1) is 0 Å². The van der Waals surface area contributed by atoms with E-state index in [0.29, 0.717) is 0 Å². The minimum Gasteiger partial charge on any atom is -0.316 e. The molecule has 0 bridgehead atoms. The Balaban J connectivity index is 1.87. The molecule has 3 heteroatoms. The summed E-state index contributed by atoms with van der Waals surface area (Å²) in [5.41, 5.74) is 3.69. The predicted octanol–water partition coefficient (Wildman–Crippen LogP) is 2.41. The molecule has 1 saturated heterocycles. The molecule has 1 aromatic carbocycles. The average molecular weight is 229 g/mol. The molecular weight excluding hydrogens is 210 g/mol. The third-order valence-electron chi connectivity index (χ3n) is 3.76. The zero-order valence-electron chi connectivity index (χ0n) is 10.3. The van der Waals surface area contributed by atoms with Gasteiger partial charge in [-0.25, -0.2) is 0 Å². The zero-order valence-corrected chi connectivity index (χ0v) is 10.3. The van der Waals surface area contributed by atoms with Crippen LogP contribution in [-0.2, 0) is 6.42 Å². The van der Waals surface area contributed by atoms with Gasteiger partial charge in [0.1, 0.15) is 0 Å². The first-order valence-electron chi connectivity index (χ1n) is 6.48. The Kier molecular flexibility index (Phi) is 2.85. The Bertz CT molecular complexity index is 509. The number of nitrogens with zero attached hydrogens (tertiary/aromatic N) is 1. The van der Waals surface area contributed by atoms with Gasteiger partial charge in [-0.2, -0.15) is 5.10 Å². The van der Waals surface area contributed by atoms with Crippen molar-refractivity contribution >= 4 is 10.9 Å². The van der Waals surface area contributed by atoms with Crippen LogP contribution in [0.3, 0.4) is 0 Å². The second-order valence-corrected chi connectivity index (χ2v) is 5.09. The number of para-hydroxylation sites is 1. The van der Waals surface area contributed by atoms with E-state index in [4.69, 9.17) is 0 Å². The summed E-state index contributed by atoms with van der Waals surface area (Å²) in [7, 11) is 0. The number of aryl methyl sites for hydroxylation is 1. The largest absolute Gasteiger partial charge is 0.316 e. The van der Waals surface area contributed by atoms with Crippen LogP contribution < -0.4 is 5.32 Å². The molecule has 2 N–H and O–H groups in total. The van der Waals surface area contributed by atoms with E-state index in [1.165, 1.54) is 36.0 Å². The van der Waals surface area contributed by atoms with Crippen LogP contribution in [0.1, 0.15) is 24.1 Å². The summed E-state index contributed by atoms with van der Waals surface area (Å²) in [5.74, 6) is 0.757. The lowest BCUT2D eigenvalue weighted by Gasteiger charge is -2.22. The van der Waals surface area contributed by atoms with Gasteiger partial charge in [0.2, 0.25) is 0 Å². The highest BCUT2D eigenvalue weighted by molar-refractivity contribution is 5.84. The molecule has 2 heterocycles. The Labute approximate surface area is 102 Å². The van der Waals surface area contributed by atoms with Crippen molar-refractivity contribution in [3.8, 4) is 0 Å². The van der Waals surface area contributed by atoms with Gasteiger partial charge in [0.25, 0.3) is 0 Å². The molecule has 90 valence electrons. The number of rotatable bonds is 2. The number of hydrogen-bond acceptors (Lipinski definition) is 2. The summed E-state index contributed by atoms with van der Waals surface area (Å²) in [6.07, 6.45) is 3.75. The highest BCUT2D eigenvalue weighted by Gasteiger charge is 2.16. The summed E-state index contributed by atoms with van der Waals surface area (Å²) < 4.78 is 0. The van der Waals surface area contributed by atoms with E-state index in [2.05, 4.69) is 40.6 Å². The normalized spacial score (nSPS) is 20.9. The number of fused-ring (bicyclic) bond motifs is 1. The van der Waals surface area contributed by atoms with Crippen LogP contribution in [-0.4, -0.2) is 23.3 Å². The first-order chi connectivity index (χ1) is 8.34. The number of aromatic nitrogens is 2. The monoisotopic (exact) mass is 229 g/mol. The van der Waals surface area contributed by atoms with Crippen molar-refractivity contribution < 1.29 is 0 Å². The SMILES string of the molecule is Cc1cccc2c(CC3CCCNC3)[nH]nc12. The molecule has 3 nitrogen and oxygen atoms in total. The molecular formula is C14H19N3. The maximum Gasteiger partial charge on any atom is 0.0952 e. The lowest BCUT2D eigenvalue weighted by atomic mass is 9.93. The first kappa shape index (κ1) is 10.8. The van der Waals surface area contributed by atoms with Crippen molar-refractivity contribution in [3.05, 3.63) is 29.5 Å². The third-order valence-corrected chi connectivity index (χ3v) is 3.76. The van der Waals surface area contributed by atoms with Crippen LogP contribution in [0.25, 0.3) is 10.9 Å². The summed E-state index contributed by atoms with van der Waals surface area (Å²) in [6.45, 7) is 4.45. The molecule has 1 atom stereocenters. The summed E-state index contributed by atoms with van der Waals surface area (Å²) in [5, 5.41) is 12.4. The van der Waals surface area contributed by atoms with E-state index < -0.39 is 0 Å². The molecule has 0 spiro atoms. The van der Waals surface area contributed by atoms with Crippen molar-refractivity contribution in [2.45, 2.75) is 26.2 Å². The Morgan fingerprint density at radius 2 is 2.35 bits per heavy atom. The molecule has 0 radical (unpaired) electrons. The molecule has 0 amide bonds. The van der Waals surface area contributed by atoms with Crippen molar-refractivity contribution in [1.29, 1.82) is 0 Å². The van der Waals surface area contributed by atoms with Crippen LogP contribution in [0.4, 0.5) is 0 Å². The fourth-order valence-electron chi connectivity index (χ4n) is 2.78. The van der Waals surface area contributed by atoms with Crippen molar-refractivity contribution in [2.24, 2.45) is 5.92 Å². The minimum atomic E-state index is 0.757. The van der Waals surface area contributed by atoms with Gasteiger partial charge in [0, 0.05) is 11.1 Å². The molecule has 0 aliphatic carbocycles. The van der Waals surface area contributed by atoms with Crippen LogP contribution in [0.5, 0.6) is 0 Å². The van der Waals surface area contributed by atoms with Gasteiger partial charge in [-0.05, 0) is 50.8 Å². The molecule has 1 aliphatic rings. The van der Waals surface area contributed by atoms with Crippen LogP contribution in [0.15, 0.2) is 18.2 Å². The van der Waals surface area contributed by atoms with Gasteiger partial charge >= 0.3 is 0 Å². The number of H-pyrrole nitrogens is 1. The highest BCUT2D eigenvalue weighted by atomic mass is 15.1. The molecule has 1 aliphatic heterocycles. The van der Waals surface area contributed by atoms with E-state index in [9.17, 15) is 0 Å². The number of nitrogens with one attached hydrogen (secondary N) is 2. The second-order valence-electron chi connectivity index (χ2n) is 5.09. The van der Waals surface area contributed by atoms with Crippen LogP contribution >= 0.6 is 0 Å². The zero-order chi connectivity index (χ0) is 11.7. The van der Waals surface area contributed by atoms with E-state index in [0.717, 1.165) is 24.4 Å². The molecule has 0 saturated carbocycles. The molecule has 3 rings (SSSR count). The van der Waals surface area contributed by atoms with Crippen molar-refractivity contribution in [3.63, 3.8) is 0 Å². The summed E-state index contributed by atoms with van der Waals surface area (Å²) in [4.78, 5) is 0. The number of benzene rings is 1. The smallest absolute Gasteiger partial charge is 0.0952 e. The van der Waals surface area contributed by atoms with Crippen molar-refractivity contribution in [2.75, 3.05) is 13.1 Å². The molecule has 2 aromatic rings. The Morgan fingerprint density at radius 3 is 3.18 bits per heavy atom. The minimum absolute atomic E-state index is 0.757. The number of piperidine rings is 1. The summed E-state index contributed by atoms with van der Waals surface area (Å²) in [6, 6.07) is 6.42. The van der Waals surface area contributed by atoms with E-state index in [1.54, 1.807) is 0 Å². The van der Waals surface area contributed by atoms with E-state index >= 15 is 0 Å². The molecule has 1 aromatic heterocycles. The highest BCUT2D eigenvalue weighted by Crippen LogP contribution is 2.23. The van der Waals surface area contributed by atoms with Gasteiger partial charge in [0.05, 0.1) is 5.52 Å². The second kappa shape index (κ2) is 4.49. The average Bonchev–Trinajstić information content (AvgIpc) is 2.76. The molecule has 17 heavy (non-hydrogen) atoms. The fraction of sp³-hybridized carbons (Fsp3) is 0.500. The number of hydrogen-bond donors (Lipinski definition) is 2. The molecule has 1 unspecified atom stereocenters. The fourth-order valence-corrected chi connectivity index (χ4v) is 2.78. The number of aromatic amines is 1. The van der Waals surface area contributed by atoms with E-state index in [-0.39, 0.29) is 0 Å². The predicted molar refractivity (Wildman–Crippen MR) is 70.1 cm³/mol. The van der Waals surface area contributed by atoms with Gasteiger partial charge in [-0.3, -0.25) is 5.10 Å².